The highest BCUT2D eigenvalue weighted by Crippen LogP contribution is 2.55. The fourth-order valence-electron chi connectivity index (χ4n) is 2.63. The van der Waals surface area contributed by atoms with Gasteiger partial charge in [0, 0.05) is 11.5 Å². The molecule has 0 aromatic heterocycles. The number of alkyl halides is 3. The van der Waals surface area contributed by atoms with Gasteiger partial charge in [-0.15, -0.1) is 0 Å². The first kappa shape index (κ1) is 15.0. The van der Waals surface area contributed by atoms with Gasteiger partial charge in [0.25, 0.3) is 0 Å². The molecule has 0 spiro atoms. The van der Waals surface area contributed by atoms with E-state index < -0.39 is 17.2 Å². The van der Waals surface area contributed by atoms with Crippen LogP contribution in [0.1, 0.15) is 30.9 Å². The Morgan fingerprint density at radius 1 is 1.15 bits per heavy atom. The van der Waals surface area contributed by atoms with Crippen molar-refractivity contribution in [3.05, 3.63) is 23.3 Å². The summed E-state index contributed by atoms with van der Waals surface area (Å²) < 4.78 is 49.9. The van der Waals surface area contributed by atoms with Crippen molar-refractivity contribution < 1.29 is 22.6 Å². The minimum Gasteiger partial charge on any atom is -0.493 e. The second-order valence-electron chi connectivity index (χ2n) is 5.20. The third-order valence-electron chi connectivity index (χ3n) is 4.03. The van der Waals surface area contributed by atoms with Gasteiger partial charge in [-0.1, -0.05) is 0 Å². The lowest BCUT2D eigenvalue weighted by atomic mass is 9.85. The molecule has 3 nitrogen and oxygen atoms in total. The van der Waals surface area contributed by atoms with Crippen LogP contribution in [0.15, 0.2) is 12.1 Å². The van der Waals surface area contributed by atoms with Gasteiger partial charge in [0.2, 0.25) is 0 Å². The van der Waals surface area contributed by atoms with E-state index in [-0.39, 0.29) is 17.4 Å². The van der Waals surface area contributed by atoms with E-state index in [9.17, 15) is 13.2 Å². The second kappa shape index (κ2) is 4.84. The topological polar surface area (TPSA) is 44.5 Å². The summed E-state index contributed by atoms with van der Waals surface area (Å²) in [5.74, 6) is 0.367. The molecule has 1 atom stereocenters. The van der Waals surface area contributed by atoms with E-state index in [1.54, 1.807) is 6.92 Å². The van der Waals surface area contributed by atoms with E-state index in [0.717, 1.165) is 6.07 Å². The predicted molar refractivity (Wildman–Crippen MR) is 69.1 cm³/mol. The van der Waals surface area contributed by atoms with Crippen LogP contribution in [0.25, 0.3) is 0 Å². The molecule has 0 saturated heterocycles. The number of halogens is 3. The number of methoxy groups -OCH3 is 2. The number of ether oxygens (including phenoxy) is 2. The number of hydrogen-bond acceptors (Lipinski definition) is 3. The Morgan fingerprint density at radius 2 is 1.65 bits per heavy atom. The van der Waals surface area contributed by atoms with E-state index in [4.69, 9.17) is 15.2 Å². The molecule has 0 heterocycles. The monoisotopic (exact) mass is 289 g/mol. The second-order valence-corrected chi connectivity index (χ2v) is 5.20. The number of hydrogen-bond donors (Lipinski definition) is 1. The Hall–Kier alpha value is -1.43. The van der Waals surface area contributed by atoms with Gasteiger partial charge in [-0.05, 0) is 37.5 Å². The van der Waals surface area contributed by atoms with E-state index in [0.29, 0.717) is 18.6 Å². The summed E-state index contributed by atoms with van der Waals surface area (Å²) in [5.41, 5.74) is 4.81. The van der Waals surface area contributed by atoms with Crippen LogP contribution in [0.2, 0.25) is 0 Å². The molecule has 1 saturated carbocycles. The summed E-state index contributed by atoms with van der Waals surface area (Å²) in [6.45, 7) is 1.74. The predicted octanol–water partition coefficient (Wildman–Crippen LogP) is 3.10. The van der Waals surface area contributed by atoms with Crippen LogP contribution in [-0.2, 0) is 11.6 Å². The molecular weight excluding hydrogens is 271 g/mol. The lowest BCUT2D eigenvalue weighted by molar-refractivity contribution is -0.138. The Balaban J connectivity index is 2.65. The van der Waals surface area contributed by atoms with Crippen molar-refractivity contribution in [3.8, 4) is 11.5 Å². The van der Waals surface area contributed by atoms with Crippen molar-refractivity contribution >= 4 is 0 Å². The Kier molecular flexibility index (Phi) is 3.62. The summed E-state index contributed by atoms with van der Waals surface area (Å²) in [6.07, 6.45) is -3.13. The van der Waals surface area contributed by atoms with Crippen LogP contribution in [0.4, 0.5) is 13.2 Å². The molecule has 1 aliphatic carbocycles. The van der Waals surface area contributed by atoms with Crippen molar-refractivity contribution in [2.24, 2.45) is 5.73 Å². The van der Waals surface area contributed by atoms with Crippen molar-refractivity contribution in [2.45, 2.75) is 37.4 Å². The van der Waals surface area contributed by atoms with E-state index in [2.05, 4.69) is 0 Å². The quantitative estimate of drug-likeness (QED) is 0.926. The number of nitrogens with two attached hydrogens (primary N) is 1. The van der Waals surface area contributed by atoms with Crippen LogP contribution >= 0.6 is 0 Å². The van der Waals surface area contributed by atoms with E-state index >= 15 is 0 Å². The molecule has 112 valence electrons. The average Bonchev–Trinajstić information content (AvgIpc) is 3.17. The molecule has 0 bridgehead atoms. The maximum Gasteiger partial charge on any atom is 0.416 e. The fraction of sp³-hybridized carbons (Fsp3) is 0.571. The van der Waals surface area contributed by atoms with Crippen molar-refractivity contribution in [3.63, 3.8) is 0 Å². The van der Waals surface area contributed by atoms with Gasteiger partial charge in [-0.25, -0.2) is 0 Å². The van der Waals surface area contributed by atoms with Gasteiger partial charge < -0.3 is 15.2 Å². The molecule has 1 aliphatic rings. The molecule has 1 aromatic carbocycles. The smallest absolute Gasteiger partial charge is 0.416 e. The molecule has 0 amide bonds. The maximum atomic E-state index is 13.3. The van der Waals surface area contributed by atoms with Gasteiger partial charge in [0.15, 0.2) is 11.5 Å². The molecular formula is C14H18F3NO2. The third-order valence-corrected chi connectivity index (χ3v) is 4.03. The molecule has 20 heavy (non-hydrogen) atoms. The van der Waals surface area contributed by atoms with Crippen LogP contribution < -0.4 is 15.2 Å². The molecule has 1 fully saturated rings. The Morgan fingerprint density at radius 3 is 2.00 bits per heavy atom. The highest BCUT2D eigenvalue weighted by Gasteiger charge is 2.52. The molecule has 2 rings (SSSR count). The summed E-state index contributed by atoms with van der Waals surface area (Å²) >= 11 is 0. The molecule has 0 radical (unpaired) electrons. The number of rotatable bonds is 4. The highest BCUT2D eigenvalue weighted by atomic mass is 19.4. The zero-order valence-electron chi connectivity index (χ0n) is 11.7. The van der Waals surface area contributed by atoms with Crippen LogP contribution in [0.3, 0.4) is 0 Å². The fourth-order valence-corrected chi connectivity index (χ4v) is 2.63. The number of benzene rings is 1. The summed E-state index contributed by atoms with van der Waals surface area (Å²) in [5, 5.41) is 0. The minimum atomic E-state index is -4.45. The molecule has 2 N–H and O–H groups in total. The van der Waals surface area contributed by atoms with Gasteiger partial charge in [0.1, 0.15) is 0 Å². The Labute approximate surface area is 115 Å². The molecule has 6 heteroatoms. The van der Waals surface area contributed by atoms with Crippen LogP contribution in [0, 0.1) is 0 Å². The zero-order chi connectivity index (χ0) is 15.1. The van der Waals surface area contributed by atoms with E-state index in [1.807, 2.05) is 0 Å². The lowest BCUT2D eigenvalue weighted by Crippen LogP contribution is -2.33. The lowest BCUT2D eigenvalue weighted by Gasteiger charge is -2.25. The summed E-state index contributed by atoms with van der Waals surface area (Å²) in [4.78, 5) is 0. The summed E-state index contributed by atoms with van der Waals surface area (Å²) in [6, 6.07) is 2.07. The first-order valence-electron chi connectivity index (χ1n) is 6.35. The van der Waals surface area contributed by atoms with E-state index in [1.165, 1.54) is 20.3 Å². The highest BCUT2D eigenvalue weighted by molar-refractivity contribution is 5.53. The van der Waals surface area contributed by atoms with Crippen LogP contribution in [-0.4, -0.2) is 20.3 Å². The van der Waals surface area contributed by atoms with Gasteiger partial charge >= 0.3 is 6.18 Å². The SMILES string of the molecule is COc1cc(C(F)(F)F)c(C2(C(C)N)CC2)cc1OC. The first-order chi connectivity index (χ1) is 9.26. The molecule has 1 unspecified atom stereocenters. The largest absolute Gasteiger partial charge is 0.493 e. The molecule has 1 aromatic rings. The minimum absolute atomic E-state index is 0.0732. The van der Waals surface area contributed by atoms with Crippen molar-refractivity contribution in [1.29, 1.82) is 0 Å². The summed E-state index contributed by atoms with van der Waals surface area (Å²) in [7, 11) is 2.72. The van der Waals surface area contributed by atoms with Crippen LogP contribution in [0.5, 0.6) is 11.5 Å². The third kappa shape index (κ3) is 2.32. The average molecular weight is 289 g/mol. The normalized spacial score (nSPS) is 18.6. The van der Waals surface area contributed by atoms with Crippen molar-refractivity contribution in [1.82, 2.24) is 0 Å². The van der Waals surface area contributed by atoms with Crippen molar-refractivity contribution in [2.75, 3.05) is 14.2 Å². The first-order valence-corrected chi connectivity index (χ1v) is 6.35. The molecule has 0 aliphatic heterocycles. The standard InChI is InChI=1S/C14H18F3NO2/c1-8(18)13(4-5-13)9-6-11(19-2)12(20-3)7-10(9)14(15,16)17/h6-8H,4-5,18H2,1-3H3. The van der Waals surface area contributed by atoms with Gasteiger partial charge in [0.05, 0.1) is 19.8 Å². The van der Waals surface area contributed by atoms with Gasteiger partial charge in [-0.3, -0.25) is 0 Å². The van der Waals surface area contributed by atoms with Gasteiger partial charge in [-0.2, -0.15) is 13.2 Å². The zero-order valence-corrected chi connectivity index (χ0v) is 11.7. The maximum absolute atomic E-state index is 13.3. The Bertz CT molecular complexity index is 508.